The average molecular weight is 280 g/mol. The Balaban J connectivity index is 2.47. The highest BCUT2D eigenvalue weighted by Gasteiger charge is 2.19. The van der Waals surface area contributed by atoms with Gasteiger partial charge in [0.15, 0.2) is 0 Å². The monoisotopic (exact) mass is 280 g/mol. The van der Waals surface area contributed by atoms with Gasteiger partial charge < -0.3 is 14.8 Å². The van der Waals surface area contributed by atoms with Crippen LogP contribution in [0.25, 0.3) is 0 Å². The molecule has 0 saturated carbocycles. The van der Waals surface area contributed by atoms with E-state index < -0.39 is 0 Å². The van der Waals surface area contributed by atoms with Crippen LogP contribution in [0.2, 0.25) is 0 Å². The standard InChI is InChI=1S/C17H29NO2/c1-14-8-6-9-15(17(2,3)4)16(14)20-12-7-10-18-11-13-19-5/h6,8-9,18H,7,10-13H2,1-5H3/p+1. The van der Waals surface area contributed by atoms with Crippen LogP contribution in [-0.2, 0) is 10.2 Å². The minimum atomic E-state index is 0.117. The second-order valence-electron chi connectivity index (χ2n) is 6.26. The summed E-state index contributed by atoms with van der Waals surface area (Å²) in [4.78, 5) is 0. The highest BCUT2D eigenvalue weighted by atomic mass is 16.5. The molecular formula is C17H30NO2+. The SMILES string of the molecule is COCC[NH2+]CCCOc1c(C)cccc1C(C)(C)C. The lowest BCUT2D eigenvalue weighted by Crippen LogP contribution is -2.85. The maximum absolute atomic E-state index is 6.05. The van der Waals surface area contributed by atoms with Gasteiger partial charge in [0, 0.05) is 13.5 Å². The van der Waals surface area contributed by atoms with Crippen molar-refractivity contribution in [1.82, 2.24) is 0 Å². The average Bonchev–Trinajstić information content (AvgIpc) is 2.38. The molecule has 0 radical (unpaired) electrons. The van der Waals surface area contributed by atoms with Crippen molar-refractivity contribution in [2.45, 2.75) is 39.5 Å². The van der Waals surface area contributed by atoms with Crippen LogP contribution in [0.1, 0.15) is 38.3 Å². The Morgan fingerprint density at radius 3 is 2.50 bits per heavy atom. The molecule has 114 valence electrons. The molecule has 20 heavy (non-hydrogen) atoms. The predicted octanol–water partition coefficient (Wildman–Crippen LogP) is 2.27. The summed E-state index contributed by atoms with van der Waals surface area (Å²) in [5, 5.41) is 2.27. The molecule has 0 amide bonds. The van der Waals surface area contributed by atoms with Crippen LogP contribution in [0.3, 0.4) is 0 Å². The van der Waals surface area contributed by atoms with Gasteiger partial charge in [0.05, 0.1) is 26.3 Å². The van der Waals surface area contributed by atoms with Crippen LogP contribution in [0.15, 0.2) is 18.2 Å². The van der Waals surface area contributed by atoms with E-state index in [4.69, 9.17) is 9.47 Å². The number of methoxy groups -OCH3 is 1. The highest BCUT2D eigenvalue weighted by molar-refractivity contribution is 5.44. The van der Waals surface area contributed by atoms with Gasteiger partial charge in [-0.15, -0.1) is 0 Å². The van der Waals surface area contributed by atoms with Crippen LogP contribution >= 0.6 is 0 Å². The maximum atomic E-state index is 6.05. The molecule has 3 heteroatoms. The summed E-state index contributed by atoms with van der Waals surface area (Å²) in [5.41, 5.74) is 2.63. The Bertz CT molecular complexity index is 396. The Labute approximate surface area is 123 Å². The first kappa shape index (κ1) is 17.0. The summed E-state index contributed by atoms with van der Waals surface area (Å²) < 4.78 is 11.1. The van der Waals surface area contributed by atoms with Gasteiger partial charge >= 0.3 is 0 Å². The molecule has 0 saturated heterocycles. The zero-order valence-corrected chi connectivity index (χ0v) is 13.7. The van der Waals surface area contributed by atoms with E-state index in [0.717, 1.165) is 38.5 Å². The molecule has 0 atom stereocenters. The van der Waals surface area contributed by atoms with E-state index in [2.05, 4.69) is 51.2 Å². The first-order valence-electron chi connectivity index (χ1n) is 7.50. The van der Waals surface area contributed by atoms with E-state index in [9.17, 15) is 0 Å². The van der Waals surface area contributed by atoms with Crippen LogP contribution in [-0.4, -0.2) is 33.4 Å². The minimum Gasteiger partial charge on any atom is -0.493 e. The number of para-hydroxylation sites is 1. The van der Waals surface area contributed by atoms with Crippen molar-refractivity contribution in [3.8, 4) is 5.75 Å². The lowest BCUT2D eigenvalue weighted by Gasteiger charge is -2.24. The van der Waals surface area contributed by atoms with Crippen molar-refractivity contribution >= 4 is 0 Å². The number of hydrogen-bond acceptors (Lipinski definition) is 2. The molecule has 1 rings (SSSR count). The second kappa shape index (κ2) is 8.28. The molecule has 0 spiro atoms. The number of nitrogens with two attached hydrogens (primary N) is 1. The molecule has 2 N–H and O–H groups in total. The van der Waals surface area contributed by atoms with Crippen molar-refractivity contribution in [3.05, 3.63) is 29.3 Å². The molecule has 0 unspecified atom stereocenters. The zero-order valence-electron chi connectivity index (χ0n) is 13.7. The first-order chi connectivity index (χ1) is 9.46. The Morgan fingerprint density at radius 2 is 1.85 bits per heavy atom. The summed E-state index contributed by atoms with van der Waals surface area (Å²) in [7, 11) is 1.74. The molecular weight excluding hydrogens is 250 g/mol. The molecule has 0 aliphatic rings. The van der Waals surface area contributed by atoms with E-state index >= 15 is 0 Å². The third-order valence-electron chi connectivity index (χ3n) is 3.34. The molecule has 3 nitrogen and oxygen atoms in total. The maximum Gasteiger partial charge on any atom is 0.125 e. The number of aryl methyl sites for hydroxylation is 1. The molecule has 0 aromatic heterocycles. The van der Waals surface area contributed by atoms with E-state index in [-0.39, 0.29) is 5.41 Å². The summed E-state index contributed by atoms with van der Waals surface area (Å²) in [6.45, 7) is 12.5. The molecule has 1 aromatic carbocycles. The summed E-state index contributed by atoms with van der Waals surface area (Å²) in [6.07, 6.45) is 1.06. The van der Waals surface area contributed by atoms with Gasteiger partial charge in [-0.05, 0) is 23.5 Å². The molecule has 1 aromatic rings. The first-order valence-corrected chi connectivity index (χ1v) is 7.50. The largest absolute Gasteiger partial charge is 0.493 e. The third kappa shape index (κ3) is 5.51. The van der Waals surface area contributed by atoms with Crippen molar-refractivity contribution < 1.29 is 14.8 Å². The van der Waals surface area contributed by atoms with Gasteiger partial charge in [0.25, 0.3) is 0 Å². The molecule has 0 heterocycles. The number of benzene rings is 1. The van der Waals surface area contributed by atoms with Crippen molar-refractivity contribution in [1.29, 1.82) is 0 Å². The van der Waals surface area contributed by atoms with Crippen molar-refractivity contribution in [2.75, 3.05) is 33.4 Å². The normalized spacial score (nSPS) is 11.7. The number of ether oxygens (including phenoxy) is 2. The second-order valence-corrected chi connectivity index (χ2v) is 6.26. The fourth-order valence-electron chi connectivity index (χ4n) is 2.18. The predicted molar refractivity (Wildman–Crippen MR) is 83.5 cm³/mol. The fourth-order valence-corrected chi connectivity index (χ4v) is 2.18. The Morgan fingerprint density at radius 1 is 1.10 bits per heavy atom. The fraction of sp³-hybridized carbons (Fsp3) is 0.647. The summed E-state index contributed by atoms with van der Waals surface area (Å²) in [5.74, 6) is 1.07. The molecule has 0 bridgehead atoms. The number of quaternary nitrogens is 1. The zero-order chi connectivity index (χ0) is 15.0. The quantitative estimate of drug-likeness (QED) is 0.741. The number of rotatable bonds is 8. The van der Waals surface area contributed by atoms with E-state index in [0.29, 0.717) is 0 Å². The van der Waals surface area contributed by atoms with Gasteiger partial charge in [-0.2, -0.15) is 0 Å². The van der Waals surface area contributed by atoms with Crippen LogP contribution in [0, 0.1) is 6.92 Å². The van der Waals surface area contributed by atoms with Crippen molar-refractivity contribution in [2.24, 2.45) is 0 Å². The third-order valence-corrected chi connectivity index (χ3v) is 3.34. The molecule has 0 aliphatic heterocycles. The van der Waals surface area contributed by atoms with Gasteiger partial charge in [-0.3, -0.25) is 0 Å². The van der Waals surface area contributed by atoms with E-state index in [1.54, 1.807) is 7.11 Å². The van der Waals surface area contributed by atoms with Gasteiger partial charge in [0.2, 0.25) is 0 Å². The Hall–Kier alpha value is -1.06. The van der Waals surface area contributed by atoms with E-state index in [1.807, 2.05) is 0 Å². The van der Waals surface area contributed by atoms with Gasteiger partial charge in [0.1, 0.15) is 5.75 Å². The topological polar surface area (TPSA) is 35.1 Å². The van der Waals surface area contributed by atoms with E-state index in [1.165, 1.54) is 11.1 Å². The van der Waals surface area contributed by atoms with Gasteiger partial charge in [-0.1, -0.05) is 39.0 Å². The summed E-state index contributed by atoms with van der Waals surface area (Å²) >= 11 is 0. The van der Waals surface area contributed by atoms with Crippen LogP contribution < -0.4 is 10.1 Å². The molecule has 0 aliphatic carbocycles. The lowest BCUT2D eigenvalue weighted by molar-refractivity contribution is -0.656. The number of hydrogen-bond donors (Lipinski definition) is 1. The molecule has 0 fully saturated rings. The van der Waals surface area contributed by atoms with Crippen molar-refractivity contribution in [3.63, 3.8) is 0 Å². The summed E-state index contributed by atoms with van der Waals surface area (Å²) in [6, 6.07) is 6.41. The van der Waals surface area contributed by atoms with Gasteiger partial charge in [-0.25, -0.2) is 0 Å². The smallest absolute Gasteiger partial charge is 0.125 e. The minimum absolute atomic E-state index is 0.117. The lowest BCUT2D eigenvalue weighted by atomic mass is 9.85. The van der Waals surface area contributed by atoms with Crippen LogP contribution in [0.4, 0.5) is 0 Å². The Kier molecular flexibility index (Phi) is 7.03. The van der Waals surface area contributed by atoms with Crippen LogP contribution in [0.5, 0.6) is 5.75 Å². The highest BCUT2D eigenvalue weighted by Crippen LogP contribution is 2.33.